The Morgan fingerprint density at radius 3 is 2.61 bits per heavy atom. The molecule has 0 spiro atoms. The maximum absolute atomic E-state index is 6.16. The molecule has 0 saturated heterocycles. The lowest BCUT2D eigenvalue weighted by molar-refractivity contribution is 0.362. The van der Waals surface area contributed by atoms with Crippen molar-refractivity contribution in [3.05, 3.63) is 23.2 Å². The first-order valence-corrected chi connectivity index (χ1v) is 7.13. The van der Waals surface area contributed by atoms with Crippen LogP contribution in [0.4, 0.5) is 5.69 Å². The van der Waals surface area contributed by atoms with Gasteiger partial charge in [0, 0.05) is 19.3 Å². The Morgan fingerprint density at radius 1 is 1.28 bits per heavy atom. The van der Waals surface area contributed by atoms with Crippen LogP contribution in [0.2, 0.25) is 5.02 Å². The molecule has 0 atom stereocenters. The fourth-order valence-electron chi connectivity index (χ4n) is 2.76. The maximum atomic E-state index is 6.16. The predicted octanol–water partition coefficient (Wildman–Crippen LogP) is 4.37. The van der Waals surface area contributed by atoms with Crippen molar-refractivity contribution in [3.63, 3.8) is 0 Å². The van der Waals surface area contributed by atoms with Crippen LogP contribution in [0.1, 0.15) is 32.1 Å². The second-order valence-corrected chi connectivity index (χ2v) is 5.61. The number of nitrogens with zero attached hydrogens (tertiary/aromatic N) is 1. The largest absolute Gasteiger partial charge is 0.495 e. The lowest BCUT2D eigenvalue weighted by Crippen LogP contribution is -2.26. The van der Waals surface area contributed by atoms with E-state index >= 15 is 0 Å². The Morgan fingerprint density at radius 2 is 2.00 bits per heavy atom. The zero-order chi connectivity index (χ0) is 13.0. The van der Waals surface area contributed by atoms with Crippen LogP contribution in [0.15, 0.2) is 18.2 Å². The molecule has 2 rings (SSSR count). The van der Waals surface area contributed by atoms with E-state index in [4.69, 9.17) is 16.3 Å². The van der Waals surface area contributed by atoms with E-state index in [1.807, 2.05) is 12.1 Å². The minimum atomic E-state index is 0.686. The summed E-state index contributed by atoms with van der Waals surface area (Å²) < 4.78 is 5.18. The second kappa shape index (κ2) is 6.33. The molecule has 0 bridgehead atoms. The molecule has 0 amide bonds. The number of hydrogen-bond acceptors (Lipinski definition) is 2. The van der Waals surface area contributed by atoms with Crippen molar-refractivity contribution in [3.8, 4) is 5.75 Å². The van der Waals surface area contributed by atoms with Crippen LogP contribution in [-0.4, -0.2) is 20.7 Å². The average Bonchev–Trinajstić information content (AvgIpc) is 2.39. The summed E-state index contributed by atoms with van der Waals surface area (Å²) in [5.74, 6) is 1.58. The molecule has 1 fully saturated rings. The van der Waals surface area contributed by atoms with Crippen LogP contribution in [0.25, 0.3) is 0 Å². The Balaban J connectivity index is 1.99. The molecule has 0 unspecified atom stereocenters. The Hall–Kier alpha value is -0.890. The first kappa shape index (κ1) is 13.5. The highest BCUT2D eigenvalue weighted by Crippen LogP contribution is 2.30. The summed E-state index contributed by atoms with van der Waals surface area (Å²) in [5, 5.41) is 0.686. The van der Waals surface area contributed by atoms with Crippen molar-refractivity contribution in [2.75, 3.05) is 25.6 Å². The van der Waals surface area contributed by atoms with Gasteiger partial charge in [-0.1, -0.05) is 30.9 Å². The molecule has 1 saturated carbocycles. The molecule has 3 heteroatoms. The smallest absolute Gasteiger partial charge is 0.137 e. The maximum Gasteiger partial charge on any atom is 0.137 e. The van der Waals surface area contributed by atoms with Crippen molar-refractivity contribution >= 4 is 17.3 Å². The van der Waals surface area contributed by atoms with E-state index in [1.54, 1.807) is 7.11 Å². The SMILES string of the molecule is COc1ccc(N(C)CC2CCCCC2)cc1Cl. The van der Waals surface area contributed by atoms with E-state index < -0.39 is 0 Å². The molecule has 1 aliphatic rings. The van der Waals surface area contributed by atoms with E-state index in [2.05, 4.69) is 18.0 Å². The number of anilines is 1. The summed E-state index contributed by atoms with van der Waals surface area (Å²) in [7, 11) is 3.79. The van der Waals surface area contributed by atoms with E-state index in [1.165, 1.54) is 37.8 Å². The topological polar surface area (TPSA) is 12.5 Å². The van der Waals surface area contributed by atoms with E-state index in [0.717, 1.165) is 18.2 Å². The fourth-order valence-corrected chi connectivity index (χ4v) is 3.01. The Kier molecular flexibility index (Phi) is 4.76. The van der Waals surface area contributed by atoms with Gasteiger partial charge in [0.25, 0.3) is 0 Å². The molecule has 1 aromatic carbocycles. The fraction of sp³-hybridized carbons (Fsp3) is 0.600. The third-order valence-corrected chi connectivity index (χ3v) is 4.13. The number of rotatable bonds is 4. The van der Waals surface area contributed by atoms with Crippen molar-refractivity contribution < 1.29 is 4.74 Å². The van der Waals surface area contributed by atoms with Gasteiger partial charge in [-0.25, -0.2) is 0 Å². The highest BCUT2D eigenvalue weighted by molar-refractivity contribution is 6.32. The van der Waals surface area contributed by atoms with E-state index in [0.29, 0.717) is 5.02 Å². The van der Waals surface area contributed by atoms with Crippen molar-refractivity contribution in [2.45, 2.75) is 32.1 Å². The van der Waals surface area contributed by atoms with Gasteiger partial charge in [-0.2, -0.15) is 0 Å². The highest BCUT2D eigenvalue weighted by Gasteiger charge is 2.16. The van der Waals surface area contributed by atoms with E-state index in [-0.39, 0.29) is 0 Å². The molecule has 2 nitrogen and oxygen atoms in total. The number of halogens is 1. The van der Waals surface area contributed by atoms with Crippen molar-refractivity contribution in [2.24, 2.45) is 5.92 Å². The van der Waals surface area contributed by atoms with Gasteiger partial charge in [0.1, 0.15) is 5.75 Å². The van der Waals surface area contributed by atoms with Crippen LogP contribution in [0.5, 0.6) is 5.75 Å². The van der Waals surface area contributed by atoms with Crippen LogP contribution in [-0.2, 0) is 0 Å². The molecule has 1 aromatic rings. The minimum absolute atomic E-state index is 0.686. The van der Waals surface area contributed by atoms with Crippen LogP contribution >= 0.6 is 11.6 Å². The normalized spacial score (nSPS) is 16.6. The average molecular weight is 268 g/mol. The molecule has 100 valence electrons. The van der Waals surface area contributed by atoms with Gasteiger partial charge in [0.15, 0.2) is 0 Å². The summed E-state index contributed by atoms with van der Waals surface area (Å²) in [4.78, 5) is 2.31. The van der Waals surface area contributed by atoms with Gasteiger partial charge in [-0.3, -0.25) is 0 Å². The van der Waals surface area contributed by atoms with Crippen LogP contribution in [0, 0.1) is 5.92 Å². The predicted molar refractivity (Wildman–Crippen MR) is 77.8 cm³/mol. The number of hydrogen-bond donors (Lipinski definition) is 0. The number of benzene rings is 1. The molecular formula is C15H22ClNO. The summed E-state index contributed by atoms with van der Waals surface area (Å²) in [5.41, 5.74) is 1.17. The summed E-state index contributed by atoms with van der Waals surface area (Å²) >= 11 is 6.16. The molecule has 0 N–H and O–H groups in total. The quantitative estimate of drug-likeness (QED) is 0.803. The van der Waals surface area contributed by atoms with Crippen LogP contribution < -0.4 is 9.64 Å². The van der Waals surface area contributed by atoms with Gasteiger partial charge in [-0.05, 0) is 37.0 Å². The first-order valence-electron chi connectivity index (χ1n) is 6.75. The lowest BCUT2D eigenvalue weighted by Gasteiger charge is -2.28. The molecular weight excluding hydrogens is 246 g/mol. The van der Waals surface area contributed by atoms with Gasteiger partial charge >= 0.3 is 0 Å². The summed E-state index contributed by atoms with van der Waals surface area (Å²) in [6.07, 6.45) is 6.93. The van der Waals surface area contributed by atoms with Gasteiger partial charge in [-0.15, -0.1) is 0 Å². The molecule has 0 aliphatic heterocycles. The Labute approximate surface area is 115 Å². The molecule has 0 aromatic heterocycles. The first-order chi connectivity index (χ1) is 8.70. The third-order valence-electron chi connectivity index (χ3n) is 3.83. The van der Waals surface area contributed by atoms with Crippen LogP contribution in [0.3, 0.4) is 0 Å². The molecule has 1 aliphatic carbocycles. The highest BCUT2D eigenvalue weighted by atomic mass is 35.5. The Bertz CT molecular complexity index is 388. The molecule has 0 heterocycles. The molecule has 0 radical (unpaired) electrons. The van der Waals surface area contributed by atoms with Gasteiger partial charge < -0.3 is 9.64 Å². The van der Waals surface area contributed by atoms with E-state index in [9.17, 15) is 0 Å². The zero-order valence-electron chi connectivity index (χ0n) is 11.3. The summed E-state index contributed by atoms with van der Waals surface area (Å²) in [6.45, 7) is 1.13. The summed E-state index contributed by atoms with van der Waals surface area (Å²) in [6, 6.07) is 6.01. The molecule has 18 heavy (non-hydrogen) atoms. The second-order valence-electron chi connectivity index (χ2n) is 5.20. The number of methoxy groups -OCH3 is 1. The van der Waals surface area contributed by atoms with Gasteiger partial charge in [0.05, 0.1) is 12.1 Å². The monoisotopic (exact) mass is 267 g/mol. The third kappa shape index (κ3) is 3.32. The van der Waals surface area contributed by atoms with Crippen molar-refractivity contribution in [1.29, 1.82) is 0 Å². The lowest BCUT2D eigenvalue weighted by atomic mass is 9.89. The zero-order valence-corrected chi connectivity index (χ0v) is 12.0. The number of ether oxygens (including phenoxy) is 1. The standard InChI is InChI=1S/C15H22ClNO/c1-17(11-12-6-4-3-5-7-12)13-8-9-15(18-2)14(16)10-13/h8-10,12H,3-7,11H2,1-2H3. The minimum Gasteiger partial charge on any atom is -0.495 e. The van der Waals surface area contributed by atoms with Crippen molar-refractivity contribution in [1.82, 2.24) is 0 Å². The van der Waals surface area contributed by atoms with Gasteiger partial charge in [0.2, 0.25) is 0 Å².